The predicted octanol–water partition coefficient (Wildman–Crippen LogP) is 2.56. The van der Waals surface area contributed by atoms with E-state index in [1.165, 1.54) is 42.3 Å². The van der Waals surface area contributed by atoms with E-state index in [9.17, 15) is 19.7 Å². The van der Waals surface area contributed by atoms with Crippen LogP contribution < -0.4 is 0 Å². The lowest BCUT2D eigenvalue weighted by atomic mass is 10.2. The molecule has 0 aliphatic rings. The molecule has 24 heavy (non-hydrogen) atoms. The molecule has 0 fully saturated rings. The van der Waals surface area contributed by atoms with Crippen molar-refractivity contribution < 1.29 is 23.7 Å². The Kier molecular flexibility index (Phi) is 4.98. The lowest BCUT2D eigenvalue weighted by Crippen LogP contribution is -2.25. The van der Waals surface area contributed by atoms with Gasteiger partial charge in [0.05, 0.1) is 18.6 Å². The first-order valence-electron chi connectivity index (χ1n) is 7.01. The molecule has 1 heterocycles. The normalized spacial score (nSPS) is 10.3. The summed E-state index contributed by atoms with van der Waals surface area (Å²) in [5, 5.41) is 10.6. The molecule has 126 valence electrons. The zero-order valence-corrected chi connectivity index (χ0v) is 13.4. The predicted molar refractivity (Wildman–Crippen MR) is 83.7 cm³/mol. The number of benzene rings is 1. The van der Waals surface area contributed by atoms with Crippen LogP contribution >= 0.6 is 0 Å². The van der Waals surface area contributed by atoms with Gasteiger partial charge in [-0.05, 0) is 25.1 Å². The van der Waals surface area contributed by atoms with Gasteiger partial charge in [-0.1, -0.05) is 0 Å². The highest BCUT2D eigenvalue weighted by atomic mass is 16.6. The number of nitrogens with zero attached hydrogens (tertiary/aromatic N) is 2. The molecule has 1 aromatic heterocycles. The van der Waals surface area contributed by atoms with Gasteiger partial charge in [-0.15, -0.1) is 0 Å². The second-order valence-electron chi connectivity index (χ2n) is 5.14. The van der Waals surface area contributed by atoms with Gasteiger partial charge in [-0.2, -0.15) is 0 Å². The van der Waals surface area contributed by atoms with Crippen LogP contribution in [0.4, 0.5) is 5.69 Å². The van der Waals surface area contributed by atoms with Crippen molar-refractivity contribution >= 4 is 17.6 Å². The number of hydrogen-bond donors (Lipinski definition) is 0. The number of carbonyl (C=O) groups excluding carboxylic acids is 2. The van der Waals surface area contributed by atoms with Crippen molar-refractivity contribution in [2.45, 2.75) is 13.5 Å². The summed E-state index contributed by atoms with van der Waals surface area (Å²) in [6, 6.07) is 6.86. The minimum atomic E-state index is -0.530. The highest BCUT2D eigenvalue weighted by Gasteiger charge is 2.19. The smallest absolute Gasteiger partial charge is 0.341 e. The third-order valence-corrected chi connectivity index (χ3v) is 3.44. The fraction of sp³-hybridized carbons (Fsp3) is 0.250. The average molecular weight is 332 g/mol. The van der Waals surface area contributed by atoms with Crippen LogP contribution in [0.15, 0.2) is 34.7 Å². The quantitative estimate of drug-likeness (QED) is 0.473. The number of aryl methyl sites for hydroxylation is 1. The van der Waals surface area contributed by atoms with Gasteiger partial charge < -0.3 is 14.1 Å². The number of carbonyl (C=O) groups is 2. The van der Waals surface area contributed by atoms with Gasteiger partial charge in [0.25, 0.3) is 11.6 Å². The second-order valence-corrected chi connectivity index (χ2v) is 5.14. The van der Waals surface area contributed by atoms with Crippen LogP contribution in [0.5, 0.6) is 0 Å². The summed E-state index contributed by atoms with van der Waals surface area (Å²) in [6.07, 6.45) is 0. The third-order valence-electron chi connectivity index (χ3n) is 3.44. The maximum Gasteiger partial charge on any atom is 0.341 e. The van der Waals surface area contributed by atoms with Gasteiger partial charge >= 0.3 is 5.97 Å². The van der Waals surface area contributed by atoms with E-state index in [2.05, 4.69) is 4.74 Å². The molecule has 1 aromatic carbocycles. The van der Waals surface area contributed by atoms with Crippen molar-refractivity contribution in [2.24, 2.45) is 0 Å². The Morgan fingerprint density at radius 3 is 2.46 bits per heavy atom. The molecule has 1 amide bonds. The third kappa shape index (κ3) is 3.60. The summed E-state index contributed by atoms with van der Waals surface area (Å²) in [5.74, 6) is 0.0177. The second kappa shape index (κ2) is 6.95. The van der Waals surface area contributed by atoms with Crippen molar-refractivity contribution in [1.82, 2.24) is 4.90 Å². The molecule has 0 unspecified atom stereocenters. The number of rotatable bonds is 5. The number of non-ortho nitro benzene ring substituents is 1. The average Bonchev–Trinajstić information content (AvgIpc) is 2.93. The van der Waals surface area contributed by atoms with Crippen LogP contribution in [-0.4, -0.2) is 35.9 Å². The van der Waals surface area contributed by atoms with Crippen molar-refractivity contribution in [3.05, 3.63) is 63.1 Å². The molecular weight excluding hydrogens is 316 g/mol. The molecule has 0 radical (unpaired) electrons. The number of hydrogen-bond acceptors (Lipinski definition) is 6. The van der Waals surface area contributed by atoms with E-state index in [1.54, 1.807) is 14.0 Å². The van der Waals surface area contributed by atoms with Crippen LogP contribution in [-0.2, 0) is 11.3 Å². The van der Waals surface area contributed by atoms with Crippen LogP contribution in [0.1, 0.15) is 32.2 Å². The molecule has 0 bridgehead atoms. The molecule has 8 heteroatoms. The Morgan fingerprint density at radius 1 is 1.29 bits per heavy atom. The number of methoxy groups -OCH3 is 1. The van der Waals surface area contributed by atoms with Gasteiger partial charge in [0.15, 0.2) is 0 Å². The topological polar surface area (TPSA) is 103 Å². The van der Waals surface area contributed by atoms with E-state index >= 15 is 0 Å². The van der Waals surface area contributed by atoms with Crippen molar-refractivity contribution in [1.29, 1.82) is 0 Å². The maximum atomic E-state index is 12.3. The molecule has 2 aromatic rings. The van der Waals surface area contributed by atoms with E-state index in [-0.39, 0.29) is 18.1 Å². The Labute approximate surface area is 137 Å². The van der Waals surface area contributed by atoms with E-state index in [0.717, 1.165) is 0 Å². The summed E-state index contributed by atoms with van der Waals surface area (Å²) < 4.78 is 10.1. The molecule has 0 atom stereocenters. The Hall–Kier alpha value is -3.16. The van der Waals surface area contributed by atoms with Gasteiger partial charge in [-0.3, -0.25) is 14.9 Å². The minimum absolute atomic E-state index is 0.0846. The first-order valence-corrected chi connectivity index (χ1v) is 7.01. The zero-order valence-electron chi connectivity index (χ0n) is 13.4. The first-order chi connectivity index (χ1) is 11.3. The monoisotopic (exact) mass is 332 g/mol. The fourth-order valence-corrected chi connectivity index (χ4v) is 2.19. The SMILES string of the molecule is COC(=O)c1cc(CN(C)C(=O)c2ccc([N+](=O)[O-])cc2)oc1C. The maximum absolute atomic E-state index is 12.3. The van der Waals surface area contributed by atoms with Gasteiger partial charge in [-0.25, -0.2) is 4.79 Å². The summed E-state index contributed by atoms with van der Waals surface area (Å²) in [7, 11) is 2.85. The number of ether oxygens (including phenoxy) is 1. The van der Waals surface area contributed by atoms with E-state index in [0.29, 0.717) is 22.6 Å². The van der Waals surface area contributed by atoms with Crippen molar-refractivity contribution in [2.75, 3.05) is 14.2 Å². The molecule has 8 nitrogen and oxygen atoms in total. The van der Waals surface area contributed by atoms with Gasteiger partial charge in [0.1, 0.15) is 17.1 Å². The van der Waals surface area contributed by atoms with E-state index in [4.69, 9.17) is 4.42 Å². The number of esters is 1. The Morgan fingerprint density at radius 2 is 1.92 bits per heavy atom. The molecule has 0 saturated carbocycles. The summed E-state index contributed by atoms with van der Waals surface area (Å²) in [6.45, 7) is 1.78. The molecule has 2 rings (SSSR count). The Balaban J connectivity index is 2.11. The van der Waals surface area contributed by atoms with Crippen LogP contribution in [0, 0.1) is 17.0 Å². The molecular formula is C16H16N2O6. The largest absolute Gasteiger partial charge is 0.465 e. The Bertz CT molecular complexity index is 778. The molecule has 0 aliphatic carbocycles. The number of furan rings is 1. The molecule has 0 spiro atoms. The summed E-state index contributed by atoms with van der Waals surface area (Å²) >= 11 is 0. The number of nitro groups is 1. The van der Waals surface area contributed by atoms with E-state index in [1.807, 2.05) is 0 Å². The minimum Gasteiger partial charge on any atom is -0.465 e. The summed E-state index contributed by atoms with van der Waals surface area (Å²) in [5.41, 5.74) is 0.543. The fourth-order valence-electron chi connectivity index (χ4n) is 2.19. The molecule has 0 aliphatic heterocycles. The lowest BCUT2D eigenvalue weighted by molar-refractivity contribution is -0.384. The van der Waals surface area contributed by atoms with Gasteiger partial charge in [0.2, 0.25) is 0 Å². The molecule has 0 N–H and O–H groups in total. The molecule has 0 saturated heterocycles. The van der Waals surface area contributed by atoms with E-state index < -0.39 is 10.9 Å². The van der Waals surface area contributed by atoms with Crippen LogP contribution in [0.2, 0.25) is 0 Å². The van der Waals surface area contributed by atoms with Crippen LogP contribution in [0.25, 0.3) is 0 Å². The van der Waals surface area contributed by atoms with Crippen molar-refractivity contribution in [3.8, 4) is 0 Å². The number of amides is 1. The number of nitro benzene ring substituents is 1. The zero-order chi connectivity index (χ0) is 17.9. The summed E-state index contributed by atoms with van der Waals surface area (Å²) in [4.78, 5) is 35.4. The first kappa shape index (κ1) is 17.2. The van der Waals surface area contributed by atoms with Gasteiger partial charge in [0, 0.05) is 24.7 Å². The van der Waals surface area contributed by atoms with Crippen molar-refractivity contribution in [3.63, 3.8) is 0 Å². The van der Waals surface area contributed by atoms with Crippen LogP contribution in [0.3, 0.4) is 0 Å². The highest BCUT2D eigenvalue weighted by molar-refractivity contribution is 5.94. The lowest BCUT2D eigenvalue weighted by Gasteiger charge is -2.15. The standard InChI is InChI=1S/C16H16N2O6/c1-10-14(16(20)23-3)8-13(24-10)9-17(2)15(19)11-4-6-12(7-5-11)18(21)22/h4-8H,9H2,1-3H3. The highest BCUT2D eigenvalue weighted by Crippen LogP contribution is 2.18.